The van der Waals surface area contributed by atoms with Crippen molar-refractivity contribution < 1.29 is 0 Å². The number of rotatable bonds is 6. The molecular weight excluding hydrogens is 244 g/mol. The Hall–Kier alpha value is -1.44. The van der Waals surface area contributed by atoms with Gasteiger partial charge in [0.25, 0.3) is 0 Å². The minimum Gasteiger partial charge on any atom is -0.385 e. The van der Waals surface area contributed by atoms with Crippen molar-refractivity contribution in [2.45, 2.75) is 26.7 Å². The van der Waals surface area contributed by atoms with Crippen molar-refractivity contribution in [3.63, 3.8) is 0 Å². The fourth-order valence-corrected chi connectivity index (χ4v) is 3.76. The van der Waals surface area contributed by atoms with Gasteiger partial charge in [0.15, 0.2) is 0 Å². The van der Waals surface area contributed by atoms with Gasteiger partial charge in [-0.15, -0.1) is 0 Å². The summed E-state index contributed by atoms with van der Waals surface area (Å²) in [6.07, 6.45) is 7.63. The van der Waals surface area contributed by atoms with E-state index in [1.807, 2.05) is 0 Å². The number of benzene rings is 1. The lowest BCUT2D eigenvalue weighted by molar-refractivity contribution is 0.472. The zero-order chi connectivity index (χ0) is 13.9. The number of hydrogen-bond acceptors (Lipinski definition) is 2. The molecule has 1 fully saturated rings. The molecule has 2 aliphatic rings. The number of hydrogen-bond donors (Lipinski definition) is 1. The summed E-state index contributed by atoms with van der Waals surface area (Å²) in [7, 11) is 0. The first-order valence-electron chi connectivity index (χ1n) is 8.07. The van der Waals surface area contributed by atoms with Gasteiger partial charge in [0.05, 0.1) is 0 Å². The monoisotopic (exact) mass is 270 g/mol. The van der Waals surface area contributed by atoms with Gasteiger partial charge in [0, 0.05) is 31.0 Å². The van der Waals surface area contributed by atoms with Crippen molar-refractivity contribution in [3.8, 4) is 0 Å². The molecule has 0 saturated heterocycles. The summed E-state index contributed by atoms with van der Waals surface area (Å²) >= 11 is 0. The van der Waals surface area contributed by atoms with Crippen LogP contribution in [-0.4, -0.2) is 19.6 Å². The van der Waals surface area contributed by atoms with Crippen LogP contribution in [0.5, 0.6) is 0 Å². The molecule has 108 valence electrons. The Labute approximate surface area is 122 Å². The quantitative estimate of drug-likeness (QED) is 0.781. The largest absolute Gasteiger partial charge is 0.385 e. The third kappa shape index (κ3) is 2.70. The van der Waals surface area contributed by atoms with Gasteiger partial charge in [0.1, 0.15) is 0 Å². The molecule has 0 aromatic heterocycles. The average molecular weight is 270 g/mol. The zero-order valence-electron chi connectivity index (χ0n) is 12.7. The number of anilines is 2. The molecule has 2 nitrogen and oxygen atoms in total. The van der Waals surface area contributed by atoms with Crippen LogP contribution in [0.25, 0.3) is 0 Å². The van der Waals surface area contributed by atoms with E-state index in [2.05, 4.69) is 60.5 Å². The summed E-state index contributed by atoms with van der Waals surface area (Å²) in [6.45, 7) is 7.67. The molecule has 0 radical (unpaired) electrons. The van der Waals surface area contributed by atoms with Crippen molar-refractivity contribution >= 4 is 11.4 Å². The molecule has 1 N–H and O–H groups in total. The van der Waals surface area contributed by atoms with E-state index in [0.717, 1.165) is 37.4 Å². The van der Waals surface area contributed by atoms with Crippen LogP contribution in [0.4, 0.5) is 11.4 Å². The molecule has 0 aliphatic heterocycles. The summed E-state index contributed by atoms with van der Waals surface area (Å²) in [5, 5.41) is 3.62. The summed E-state index contributed by atoms with van der Waals surface area (Å²) < 4.78 is 0. The van der Waals surface area contributed by atoms with Gasteiger partial charge in [-0.25, -0.2) is 0 Å². The van der Waals surface area contributed by atoms with Crippen molar-refractivity contribution in [2.24, 2.45) is 17.8 Å². The highest BCUT2D eigenvalue weighted by Crippen LogP contribution is 2.43. The molecule has 3 rings (SSSR count). The summed E-state index contributed by atoms with van der Waals surface area (Å²) in [4.78, 5) is 2.38. The van der Waals surface area contributed by atoms with Crippen LogP contribution < -0.4 is 10.2 Å². The Morgan fingerprint density at radius 2 is 1.80 bits per heavy atom. The summed E-state index contributed by atoms with van der Waals surface area (Å²) in [5.74, 6) is 2.55. The van der Waals surface area contributed by atoms with Gasteiger partial charge in [-0.1, -0.05) is 12.2 Å². The van der Waals surface area contributed by atoms with Crippen molar-refractivity contribution in [1.82, 2.24) is 0 Å². The molecule has 2 aliphatic carbocycles. The highest BCUT2D eigenvalue weighted by Gasteiger charge is 2.35. The second-order valence-electron chi connectivity index (χ2n) is 6.14. The lowest BCUT2D eigenvalue weighted by atomic mass is 9.93. The third-order valence-electron chi connectivity index (χ3n) is 4.98. The molecule has 0 heterocycles. The first-order valence-corrected chi connectivity index (χ1v) is 8.07. The van der Waals surface area contributed by atoms with Gasteiger partial charge in [-0.3, -0.25) is 0 Å². The van der Waals surface area contributed by atoms with Crippen molar-refractivity contribution in [1.29, 1.82) is 0 Å². The second kappa shape index (κ2) is 5.90. The van der Waals surface area contributed by atoms with Crippen LogP contribution in [0.3, 0.4) is 0 Å². The van der Waals surface area contributed by atoms with E-state index < -0.39 is 0 Å². The van der Waals surface area contributed by atoms with Crippen LogP contribution in [0.2, 0.25) is 0 Å². The van der Waals surface area contributed by atoms with E-state index in [1.54, 1.807) is 0 Å². The maximum absolute atomic E-state index is 3.62. The molecule has 1 aromatic carbocycles. The van der Waals surface area contributed by atoms with Crippen LogP contribution in [-0.2, 0) is 0 Å². The smallest absolute Gasteiger partial charge is 0.0367 e. The average Bonchev–Trinajstić information content (AvgIpc) is 3.10. The van der Waals surface area contributed by atoms with Gasteiger partial charge < -0.3 is 10.2 Å². The molecule has 3 atom stereocenters. The van der Waals surface area contributed by atoms with E-state index in [-0.39, 0.29) is 0 Å². The topological polar surface area (TPSA) is 15.3 Å². The zero-order valence-corrected chi connectivity index (χ0v) is 12.7. The Morgan fingerprint density at radius 3 is 2.35 bits per heavy atom. The third-order valence-corrected chi connectivity index (χ3v) is 4.98. The normalized spacial score (nSPS) is 27.0. The highest BCUT2D eigenvalue weighted by molar-refractivity contribution is 5.55. The predicted octanol–water partition coefficient (Wildman–Crippen LogP) is 4.16. The maximum atomic E-state index is 3.62. The highest BCUT2D eigenvalue weighted by atomic mass is 15.1. The summed E-state index contributed by atoms with van der Waals surface area (Å²) in [5.41, 5.74) is 2.58. The number of nitrogens with zero attached hydrogens (tertiary/aromatic N) is 1. The lowest BCUT2D eigenvalue weighted by Crippen LogP contribution is -2.21. The molecule has 0 spiro atoms. The van der Waals surface area contributed by atoms with Crippen molar-refractivity contribution in [3.05, 3.63) is 36.4 Å². The molecule has 1 aromatic rings. The molecule has 20 heavy (non-hydrogen) atoms. The fourth-order valence-electron chi connectivity index (χ4n) is 3.76. The minimum atomic E-state index is 0.836. The number of nitrogens with one attached hydrogen (secondary N) is 1. The first-order chi connectivity index (χ1) is 9.80. The Kier molecular flexibility index (Phi) is 4.00. The lowest BCUT2D eigenvalue weighted by Gasteiger charge is -2.22. The van der Waals surface area contributed by atoms with Gasteiger partial charge >= 0.3 is 0 Å². The van der Waals surface area contributed by atoms with Gasteiger partial charge in [0.2, 0.25) is 0 Å². The van der Waals surface area contributed by atoms with Crippen molar-refractivity contribution in [2.75, 3.05) is 29.9 Å². The number of allylic oxidation sites excluding steroid dienone is 2. The Morgan fingerprint density at radius 1 is 1.05 bits per heavy atom. The van der Waals surface area contributed by atoms with E-state index in [9.17, 15) is 0 Å². The van der Waals surface area contributed by atoms with E-state index in [0.29, 0.717) is 0 Å². The minimum absolute atomic E-state index is 0.836. The summed E-state index contributed by atoms with van der Waals surface area (Å²) in [6, 6.07) is 8.90. The van der Waals surface area contributed by atoms with E-state index >= 15 is 0 Å². The van der Waals surface area contributed by atoms with Gasteiger partial charge in [-0.05, 0) is 68.7 Å². The van der Waals surface area contributed by atoms with E-state index in [1.165, 1.54) is 24.2 Å². The molecule has 3 unspecified atom stereocenters. The van der Waals surface area contributed by atoms with Crippen LogP contribution in [0.1, 0.15) is 26.7 Å². The molecule has 2 bridgehead atoms. The second-order valence-corrected chi connectivity index (χ2v) is 6.14. The predicted molar refractivity (Wildman–Crippen MR) is 87.3 cm³/mol. The first kappa shape index (κ1) is 13.5. The SMILES string of the molecule is CCN(CC)c1ccc(NCC2CC3C=CC2C3)cc1. The van der Waals surface area contributed by atoms with Gasteiger partial charge in [-0.2, -0.15) is 0 Å². The van der Waals surface area contributed by atoms with Crippen LogP contribution >= 0.6 is 0 Å². The molecule has 1 saturated carbocycles. The molecule has 2 heteroatoms. The Balaban J connectivity index is 1.54. The van der Waals surface area contributed by atoms with Crippen LogP contribution in [0, 0.1) is 17.8 Å². The van der Waals surface area contributed by atoms with E-state index in [4.69, 9.17) is 0 Å². The maximum Gasteiger partial charge on any atom is 0.0367 e. The molecule has 0 amide bonds. The van der Waals surface area contributed by atoms with Crippen LogP contribution in [0.15, 0.2) is 36.4 Å². The fraction of sp³-hybridized carbons (Fsp3) is 0.556. The number of fused-ring (bicyclic) bond motifs is 2. The standard InChI is InChI=1S/C18H26N2/c1-3-20(4-2)18-9-7-17(8-10-18)19-13-16-12-14-5-6-15(16)11-14/h5-10,14-16,19H,3-4,11-13H2,1-2H3. The Bertz CT molecular complexity index is 459. The molecular formula is C18H26N2.